The van der Waals surface area contributed by atoms with Crippen molar-refractivity contribution in [1.82, 2.24) is 23.4 Å². The summed E-state index contributed by atoms with van der Waals surface area (Å²) in [6, 6.07) is 6.13. The fraction of sp³-hybridized carbons (Fsp3) is 0.529. The third-order valence-electron chi connectivity index (χ3n) is 4.78. The summed E-state index contributed by atoms with van der Waals surface area (Å²) in [4.78, 5) is 4.49. The summed E-state index contributed by atoms with van der Waals surface area (Å²) in [6.45, 7) is 3.96. The van der Waals surface area contributed by atoms with Gasteiger partial charge in [0.2, 0.25) is 0 Å². The molecule has 25 heavy (non-hydrogen) atoms. The minimum atomic E-state index is -3.32. The van der Waals surface area contributed by atoms with Crippen molar-refractivity contribution in [3.63, 3.8) is 0 Å². The van der Waals surface area contributed by atoms with Crippen LogP contribution < -0.4 is 0 Å². The van der Waals surface area contributed by atoms with E-state index in [-0.39, 0.29) is 0 Å². The lowest BCUT2D eigenvalue weighted by atomic mass is 9.90. The topological polar surface area (TPSA) is 71.3 Å². The monoisotopic (exact) mass is 363 g/mol. The summed E-state index contributed by atoms with van der Waals surface area (Å²) >= 11 is 0. The van der Waals surface area contributed by atoms with Gasteiger partial charge < -0.3 is 0 Å². The van der Waals surface area contributed by atoms with E-state index in [1.54, 1.807) is 24.6 Å². The van der Waals surface area contributed by atoms with Crippen LogP contribution >= 0.6 is 0 Å². The van der Waals surface area contributed by atoms with Gasteiger partial charge in [-0.25, -0.2) is 0 Å². The van der Waals surface area contributed by atoms with Crippen molar-refractivity contribution in [2.75, 3.05) is 27.2 Å². The summed E-state index contributed by atoms with van der Waals surface area (Å²) in [5.41, 5.74) is 3.15. The van der Waals surface area contributed by atoms with Crippen molar-refractivity contribution in [3.8, 4) is 11.4 Å². The number of rotatable bonds is 5. The maximum atomic E-state index is 12.2. The van der Waals surface area contributed by atoms with Crippen molar-refractivity contribution >= 4 is 10.2 Å². The molecule has 2 aromatic heterocycles. The molecule has 2 aromatic rings. The van der Waals surface area contributed by atoms with Crippen LogP contribution in [0.25, 0.3) is 11.4 Å². The zero-order chi connectivity index (χ0) is 18.0. The highest BCUT2D eigenvalue weighted by Crippen LogP contribution is 2.31. The number of nitrogens with zero attached hydrogens (tertiary/aromatic N) is 5. The fourth-order valence-corrected chi connectivity index (χ4v) is 4.43. The maximum Gasteiger partial charge on any atom is 0.281 e. The van der Waals surface area contributed by atoms with E-state index >= 15 is 0 Å². The molecular formula is C17H25N5O2S. The standard InChI is InChI=1S/C17H25N5O2S/c1-4-22-17(6-10-19-22)16-13-15(5-9-18-16)14-7-11-21(12-8-14)25(23,24)20(2)3/h5-6,9-10,13-14H,4,7-8,11-12H2,1-3H3. The molecule has 0 unspecified atom stereocenters. The molecule has 0 saturated carbocycles. The first-order chi connectivity index (χ1) is 11.9. The number of aromatic nitrogens is 3. The molecule has 8 heteroatoms. The molecule has 1 fully saturated rings. The average Bonchev–Trinajstić information content (AvgIpc) is 3.10. The van der Waals surface area contributed by atoms with Gasteiger partial charge in [0.05, 0.1) is 11.4 Å². The Kier molecular flexibility index (Phi) is 5.21. The van der Waals surface area contributed by atoms with Crippen molar-refractivity contribution in [2.24, 2.45) is 0 Å². The molecule has 0 radical (unpaired) electrons. The highest BCUT2D eigenvalue weighted by Gasteiger charge is 2.30. The lowest BCUT2D eigenvalue weighted by Gasteiger charge is -2.33. The molecule has 0 N–H and O–H groups in total. The molecule has 1 saturated heterocycles. The van der Waals surface area contributed by atoms with Gasteiger partial charge in [0.25, 0.3) is 10.2 Å². The molecular weight excluding hydrogens is 338 g/mol. The first-order valence-electron chi connectivity index (χ1n) is 8.59. The van der Waals surface area contributed by atoms with E-state index in [1.807, 2.05) is 23.0 Å². The second-order valence-corrected chi connectivity index (χ2v) is 8.61. The molecule has 1 aliphatic heterocycles. The average molecular weight is 363 g/mol. The molecule has 0 aromatic carbocycles. The van der Waals surface area contributed by atoms with Gasteiger partial charge in [-0.3, -0.25) is 9.67 Å². The Bertz CT molecular complexity index is 823. The number of hydrogen-bond donors (Lipinski definition) is 0. The maximum absolute atomic E-state index is 12.2. The number of piperidine rings is 1. The van der Waals surface area contributed by atoms with Crippen molar-refractivity contribution in [1.29, 1.82) is 0 Å². The number of hydrogen-bond acceptors (Lipinski definition) is 4. The van der Waals surface area contributed by atoms with Gasteiger partial charge in [0.15, 0.2) is 0 Å². The Morgan fingerprint density at radius 1 is 1.20 bits per heavy atom. The molecule has 3 heterocycles. The molecule has 0 amide bonds. The van der Waals surface area contributed by atoms with E-state index < -0.39 is 10.2 Å². The lowest BCUT2D eigenvalue weighted by Crippen LogP contribution is -2.44. The van der Waals surface area contributed by atoms with E-state index in [0.717, 1.165) is 30.8 Å². The predicted molar refractivity (Wildman–Crippen MR) is 97.3 cm³/mol. The van der Waals surface area contributed by atoms with Crippen LogP contribution in [0.1, 0.15) is 31.2 Å². The molecule has 0 atom stereocenters. The Morgan fingerprint density at radius 2 is 1.92 bits per heavy atom. The Morgan fingerprint density at radius 3 is 2.56 bits per heavy atom. The van der Waals surface area contributed by atoms with Crippen molar-refractivity contribution in [2.45, 2.75) is 32.2 Å². The van der Waals surface area contributed by atoms with Crippen LogP contribution in [-0.2, 0) is 16.8 Å². The summed E-state index contributed by atoms with van der Waals surface area (Å²) in [6.07, 6.45) is 5.27. The minimum absolute atomic E-state index is 0.355. The van der Waals surface area contributed by atoms with Crippen LogP contribution in [0.4, 0.5) is 0 Å². The summed E-state index contributed by atoms with van der Waals surface area (Å²) in [5, 5.41) is 4.31. The van der Waals surface area contributed by atoms with Crippen LogP contribution in [-0.4, -0.2) is 59.0 Å². The van der Waals surface area contributed by atoms with Crippen molar-refractivity contribution in [3.05, 3.63) is 36.2 Å². The Balaban J connectivity index is 1.76. The van der Waals surface area contributed by atoms with Gasteiger partial charge in [-0.05, 0) is 49.4 Å². The van der Waals surface area contributed by atoms with Gasteiger partial charge >= 0.3 is 0 Å². The molecule has 7 nitrogen and oxygen atoms in total. The van der Waals surface area contributed by atoms with Crippen LogP contribution in [0.3, 0.4) is 0 Å². The van der Waals surface area contributed by atoms with E-state index in [0.29, 0.717) is 19.0 Å². The van der Waals surface area contributed by atoms with E-state index in [2.05, 4.69) is 23.1 Å². The largest absolute Gasteiger partial charge is 0.281 e. The molecule has 3 rings (SSSR count). The first kappa shape index (κ1) is 18.0. The quantitative estimate of drug-likeness (QED) is 0.814. The van der Waals surface area contributed by atoms with Crippen LogP contribution in [0.2, 0.25) is 0 Å². The first-order valence-corrected chi connectivity index (χ1v) is 9.99. The summed E-state index contributed by atoms with van der Waals surface area (Å²) in [5.74, 6) is 0.355. The van der Waals surface area contributed by atoms with Crippen LogP contribution in [0.5, 0.6) is 0 Å². The normalized spacial score (nSPS) is 17.3. The third-order valence-corrected chi connectivity index (χ3v) is 6.72. The molecule has 0 aliphatic carbocycles. The van der Waals surface area contributed by atoms with Gasteiger partial charge in [-0.2, -0.15) is 22.1 Å². The fourth-order valence-electron chi connectivity index (χ4n) is 3.29. The van der Waals surface area contributed by atoms with Crippen LogP contribution in [0.15, 0.2) is 30.6 Å². The lowest BCUT2D eigenvalue weighted by molar-refractivity contribution is 0.302. The van der Waals surface area contributed by atoms with Gasteiger partial charge in [0, 0.05) is 46.1 Å². The van der Waals surface area contributed by atoms with E-state index in [9.17, 15) is 8.42 Å². The van der Waals surface area contributed by atoms with Crippen molar-refractivity contribution < 1.29 is 8.42 Å². The SMILES string of the molecule is CCn1nccc1-c1cc(C2CCN(S(=O)(=O)N(C)C)CC2)ccn1. The minimum Gasteiger partial charge on any atom is -0.264 e. The zero-order valence-electron chi connectivity index (χ0n) is 15.0. The van der Waals surface area contributed by atoms with E-state index in [1.165, 1.54) is 9.87 Å². The molecule has 0 spiro atoms. The molecule has 0 bridgehead atoms. The smallest absolute Gasteiger partial charge is 0.264 e. The third kappa shape index (κ3) is 3.61. The number of pyridine rings is 1. The van der Waals surface area contributed by atoms with E-state index in [4.69, 9.17) is 0 Å². The predicted octanol–water partition coefficient (Wildman–Crippen LogP) is 1.95. The number of aryl methyl sites for hydroxylation is 1. The molecule has 136 valence electrons. The van der Waals surface area contributed by atoms with Gasteiger partial charge in [-0.15, -0.1) is 0 Å². The second-order valence-electron chi connectivity index (χ2n) is 6.47. The highest BCUT2D eigenvalue weighted by atomic mass is 32.2. The second kappa shape index (κ2) is 7.23. The van der Waals surface area contributed by atoms with Gasteiger partial charge in [-0.1, -0.05) is 0 Å². The highest BCUT2D eigenvalue weighted by molar-refractivity contribution is 7.86. The summed E-state index contributed by atoms with van der Waals surface area (Å²) < 4.78 is 29.3. The Labute approximate surface area is 149 Å². The zero-order valence-corrected chi connectivity index (χ0v) is 15.8. The van der Waals surface area contributed by atoms with Gasteiger partial charge in [0.1, 0.15) is 0 Å². The summed E-state index contributed by atoms with van der Waals surface area (Å²) in [7, 11) is -0.162. The van der Waals surface area contributed by atoms with Crippen LogP contribution in [0, 0.1) is 0 Å². The molecule has 1 aliphatic rings. The Hall–Kier alpha value is -1.77.